The van der Waals surface area contributed by atoms with Crippen LogP contribution in [0.15, 0.2) is 46.9 Å². The SMILES string of the molecule is CC(Oc1ccc(F)cc1Br)C(=O)NCC(=O)Nc1ccc(Cl)cc1. The minimum atomic E-state index is -0.856. The number of halogens is 3. The van der Waals surface area contributed by atoms with Gasteiger partial charge in [-0.15, -0.1) is 0 Å². The summed E-state index contributed by atoms with van der Waals surface area (Å²) in [6.07, 6.45) is -0.856. The molecule has 0 spiro atoms. The Labute approximate surface area is 157 Å². The topological polar surface area (TPSA) is 67.4 Å². The van der Waals surface area contributed by atoms with E-state index in [1.54, 1.807) is 24.3 Å². The Kier molecular flexibility index (Phi) is 6.78. The highest BCUT2D eigenvalue weighted by Crippen LogP contribution is 2.26. The summed E-state index contributed by atoms with van der Waals surface area (Å²) in [7, 11) is 0. The molecule has 0 aliphatic carbocycles. The van der Waals surface area contributed by atoms with Crippen LogP contribution in [0.1, 0.15) is 6.92 Å². The highest BCUT2D eigenvalue weighted by atomic mass is 79.9. The molecule has 0 aliphatic rings. The van der Waals surface area contributed by atoms with Gasteiger partial charge in [-0.05, 0) is 65.3 Å². The quantitative estimate of drug-likeness (QED) is 0.735. The molecule has 0 aromatic heterocycles. The fourth-order valence-corrected chi connectivity index (χ4v) is 2.43. The molecular weight excluding hydrogens is 415 g/mol. The van der Waals surface area contributed by atoms with Crippen molar-refractivity contribution in [2.75, 3.05) is 11.9 Å². The van der Waals surface area contributed by atoms with Crippen molar-refractivity contribution in [2.24, 2.45) is 0 Å². The standard InChI is InChI=1S/C17H15BrClFN2O3/c1-10(25-15-7-4-12(20)8-14(15)18)17(24)21-9-16(23)22-13-5-2-11(19)3-6-13/h2-8,10H,9H2,1H3,(H,21,24)(H,22,23). The van der Waals surface area contributed by atoms with Crippen LogP contribution in [0.4, 0.5) is 10.1 Å². The molecule has 1 atom stereocenters. The molecule has 25 heavy (non-hydrogen) atoms. The molecule has 2 aromatic carbocycles. The Balaban J connectivity index is 1.82. The molecule has 2 aromatic rings. The molecule has 0 aliphatic heterocycles. The zero-order chi connectivity index (χ0) is 18.4. The van der Waals surface area contributed by atoms with Gasteiger partial charge in [-0.2, -0.15) is 0 Å². The van der Waals surface area contributed by atoms with Gasteiger partial charge in [0.15, 0.2) is 6.10 Å². The molecule has 0 bridgehead atoms. The van der Waals surface area contributed by atoms with Crippen molar-refractivity contribution in [2.45, 2.75) is 13.0 Å². The predicted molar refractivity (Wildman–Crippen MR) is 97.3 cm³/mol. The van der Waals surface area contributed by atoms with Crippen LogP contribution in [0, 0.1) is 5.82 Å². The second-order valence-electron chi connectivity index (χ2n) is 5.11. The lowest BCUT2D eigenvalue weighted by molar-refractivity contribution is -0.129. The van der Waals surface area contributed by atoms with E-state index >= 15 is 0 Å². The Morgan fingerprint density at radius 1 is 1.24 bits per heavy atom. The van der Waals surface area contributed by atoms with Gasteiger partial charge in [0.1, 0.15) is 11.6 Å². The van der Waals surface area contributed by atoms with Gasteiger partial charge < -0.3 is 15.4 Å². The van der Waals surface area contributed by atoms with Gasteiger partial charge in [0.25, 0.3) is 5.91 Å². The maximum atomic E-state index is 13.0. The Hall–Kier alpha value is -2.12. The summed E-state index contributed by atoms with van der Waals surface area (Å²) in [5, 5.41) is 5.66. The monoisotopic (exact) mass is 428 g/mol. The van der Waals surface area contributed by atoms with E-state index in [2.05, 4.69) is 26.6 Å². The Morgan fingerprint density at radius 2 is 1.92 bits per heavy atom. The molecule has 0 saturated carbocycles. The summed E-state index contributed by atoms with van der Waals surface area (Å²) in [6.45, 7) is 1.32. The molecule has 2 amide bonds. The number of anilines is 1. The summed E-state index contributed by atoms with van der Waals surface area (Å²) in [6, 6.07) is 10.5. The summed E-state index contributed by atoms with van der Waals surface area (Å²) in [4.78, 5) is 23.8. The van der Waals surface area contributed by atoms with Crippen molar-refractivity contribution in [3.8, 4) is 5.75 Å². The molecule has 2 N–H and O–H groups in total. The lowest BCUT2D eigenvalue weighted by Gasteiger charge is -2.15. The van der Waals surface area contributed by atoms with E-state index in [9.17, 15) is 14.0 Å². The van der Waals surface area contributed by atoms with Gasteiger partial charge in [-0.1, -0.05) is 11.6 Å². The first-order chi connectivity index (χ1) is 11.8. The van der Waals surface area contributed by atoms with Gasteiger partial charge >= 0.3 is 0 Å². The zero-order valence-corrected chi connectivity index (χ0v) is 15.5. The molecule has 0 fully saturated rings. The number of hydrogen-bond donors (Lipinski definition) is 2. The molecule has 0 saturated heterocycles. The summed E-state index contributed by atoms with van der Waals surface area (Å²) >= 11 is 8.92. The first kappa shape index (κ1) is 19.2. The van der Waals surface area contributed by atoms with Crippen LogP contribution in [-0.4, -0.2) is 24.5 Å². The number of rotatable bonds is 6. The smallest absolute Gasteiger partial charge is 0.261 e. The molecule has 1 unspecified atom stereocenters. The lowest BCUT2D eigenvalue weighted by Crippen LogP contribution is -2.40. The van der Waals surface area contributed by atoms with Crippen LogP contribution in [0.5, 0.6) is 5.75 Å². The third-order valence-corrected chi connectivity index (χ3v) is 3.99. The molecule has 0 radical (unpaired) electrons. The van der Waals surface area contributed by atoms with E-state index in [0.717, 1.165) is 0 Å². The third-order valence-electron chi connectivity index (χ3n) is 3.12. The van der Waals surface area contributed by atoms with Crippen LogP contribution in [0.3, 0.4) is 0 Å². The van der Waals surface area contributed by atoms with Gasteiger partial charge in [-0.25, -0.2) is 4.39 Å². The normalized spacial score (nSPS) is 11.5. The average molecular weight is 430 g/mol. The van der Waals surface area contributed by atoms with Crippen LogP contribution in [-0.2, 0) is 9.59 Å². The van der Waals surface area contributed by atoms with E-state index in [4.69, 9.17) is 16.3 Å². The summed E-state index contributed by atoms with van der Waals surface area (Å²) in [5.74, 6) is -0.946. The maximum absolute atomic E-state index is 13.0. The van der Waals surface area contributed by atoms with Crippen molar-refractivity contribution < 1.29 is 18.7 Å². The van der Waals surface area contributed by atoms with Crippen LogP contribution in [0.2, 0.25) is 5.02 Å². The molecule has 5 nitrogen and oxygen atoms in total. The van der Waals surface area contributed by atoms with Crippen molar-refractivity contribution in [3.05, 3.63) is 57.8 Å². The van der Waals surface area contributed by atoms with Gasteiger partial charge in [0.05, 0.1) is 11.0 Å². The second-order valence-corrected chi connectivity index (χ2v) is 6.40. The molecule has 132 valence electrons. The number of hydrogen-bond acceptors (Lipinski definition) is 3. The first-order valence-corrected chi connectivity index (χ1v) is 8.47. The highest BCUT2D eigenvalue weighted by molar-refractivity contribution is 9.10. The van der Waals surface area contributed by atoms with E-state index < -0.39 is 17.8 Å². The number of benzene rings is 2. The lowest BCUT2D eigenvalue weighted by atomic mass is 10.3. The summed E-state index contributed by atoms with van der Waals surface area (Å²) < 4.78 is 18.9. The summed E-state index contributed by atoms with van der Waals surface area (Å²) in [5.41, 5.74) is 0.572. The molecule has 8 heteroatoms. The Morgan fingerprint density at radius 3 is 2.56 bits per heavy atom. The minimum absolute atomic E-state index is 0.209. The van der Waals surface area contributed by atoms with E-state index in [0.29, 0.717) is 20.9 Å². The highest BCUT2D eigenvalue weighted by Gasteiger charge is 2.17. The van der Waals surface area contributed by atoms with Crippen LogP contribution >= 0.6 is 27.5 Å². The number of carbonyl (C=O) groups excluding carboxylic acids is 2. The minimum Gasteiger partial charge on any atom is -0.480 e. The van der Waals surface area contributed by atoms with Gasteiger partial charge in [0, 0.05) is 10.7 Å². The van der Waals surface area contributed by atoms with E-state index in [1.807, 2.05) is 0 Å². The van der Waals surface area contributed by atoms with Crippen molar-refractivity contribution in [1.29, 1.82) is 0 Å². The molecule has 2 rings (SSSR count). The molecule has 0 heterocycles. The number of ether oxygens (including phenoxy) is 1. The number of nitrogens with one attached hydrogen (secondary N) is 2. The maximum Gasteiger partial charge on any atom is 0.261 e. The largest absolute Gasteiger partial charge is 0.480 e. The van der Waals surface area contributed by atoms with Crippen LogP contribution in [0.25, 0.3) is 0 Å². The number of carbonyl (C=O) groups is 2. The van der Waals surface area contributed by atoms with Gasteiger partial charge in [0.2, 0.25) is 5.91 Å². The van der Waals surface area contributed by atoms with Crippen LogP contribution < -0.4 is 15.4 Å². The van der Waals surface area contributed by atoms with Crippen molar-refractivity contribution in [1.82, 2.24) is 5.32 Å². The fraction of sp³-hybridized carbons (Fsp3) is 0.176. The molecular formula is C17H15BrClFN2O3. The average Bonchev–Trinajstić information content (AvgIpc) is 2.57. The predicted octanol–water partition coefficient (Wildman–Crippen LogP) is 3.76. The van der Waals surface area contributed by atoms with Gasteiger partial charge in [-0.3, -0.25) is 9.59 Å². The first-order valence-electron chi connectivity index (χ1n) is 7.30. The fourth-order valence-electron chi connectivity index (χ4n) is 1.86. The van der Waals surface area contributed by atoms with E-state index in [1.165, 1.54) is 25.1 Å². The zero-order valence-electron chi connectivity index (χ0n) is 13.2. The van der Waals surface area contributed by atoms with Crippen molar-refractivity contribution in [3.63, 3.8) is 0 Å². The Bertz CT molecular complexity index is 771. The second kappa shape index (κ2) is 8.82. The third kappa shape index (κ3) is 6.03. The van der Waals surface area contributed by atoms with Crippen molar-refractivity contribution >= 4 is 45.0 Å². The van der Waals surface area contributed by atoms with E-state index in [-0.39, 0.29) is 12.5 Å². The number of amides is 2.